The second-order valence-electron chi connectivity index (χ2n) is 6.83. The number of aromatic nitrogens is 1. The van der Waals surface area contributed by atoms with Gasteiger partial charge in [-0.05, 0) is 60.4 Å². The number of hydrogen-bond acceptors (Lipinski definition) is 5. The first-order valence-electron chi connectivity index (χ1n) is 9.02. The van der Waals surface area contributed by atoms with E-state index in [9.17, 15) is 12.8 Å². The smallest absolute Gasteiger partial charge is 0.229 e. The van der Waals surface area contributed by atoms with Crippen LogP contribution in [0.5, 0.6) is 17.4 Å². The molecule has 8 heteroatoms. The third-order valence-electron chi connectivity index (χ3n) is 4.46. The number of benzene rings is 2. The van der Waals surface area contributed by atoms with E-state index in [2.05, 4.69) is 9.71 Å². The summed E-state index contributed by atoms with van der Waals surface area (Å²) in [5.41, 5.74) is 2.19. The molecule has 1 N–H and O–H groups in total. The number of hydrogen-bond donors (Lipinski definition) is 1. The molecular formula is C21H19FN2O4S. The molecule has 0 spiro atoms. The highest BCUT2D eigenvalue weighted by atomic mass is 32.2. The zero-order valence-electron chi connectivity index (χ0n) is 15.6. The molecule has 0 fully saturated rings. The lowest BCUT2D eigenvalue weighted by Crippen LogP contribution is -2.15. The van der Waals surface area contributed by atoms with E-state index in [-0.39, 0.29) is 11.9 Å². The van der Waals surface area contributed by atoms with Gasteiger partial charge in [0.05, 0.1) is 18.1 Å². The van der Waals surface area contributed by atoms with Crippen LogP contribution >= 0.6 is 0 Å². The normalized spacial score (nSPS) is 15.9. The van der Waals surface area contributed by atoms with Crippen molar-refractivity contribution in [1.29, 1.82) is 0 Å². The molecule has 1 atom stereocenters. The molecule has 3 aromatic rings. The molecule has 0 saturated carbocycles. The van der Waals surface area contributed by atoms with E-state index in [0.29, 0.717) is 17.3 Å². The van der Waals surface area contributed by atoms with E-state index in [1.807, 2.05) is 18.2 Å². The van der Waals surface area contributed by atoms with Crippen LogP contribution in [0.15, 0.2) is 60.8 Å². The van der Waals surface area contributed by atoms with Crippen molar-refractivity contribution in [2.24, 2.45) is 0 Å². The Kier molecular flexibility index (Phi) is 5.10. The molecule has 0 saturated heterocycles. The van der Waals surface area contributed by atoms with Crippen LogP contribution in [0.3, 0.4) is 0 Å². The molecule has 1 aromatic heterocycles. The van der Waals surface area contributed by atoms with Gasteiger partial charge in [-0.1, -0.05) is 12.1 Å². The van der Waals surface area contributed by atoms with Gasteiger partial charge in [-0.2, -0.15) is 0 Å². The molecule has 0 aliphatic carbocycles. The van der Waals surface area contributed by atoms with E-state index in [1.54, 1.807) is 24.3 Å². The summed E-state index contributed by atoms with van der Waals surface area (Å²) in [5, 5.41) is 0. The van der Waals surface area contributed by atoms with Crippen LogP contribution in [0.4, 0.5) is 10.1 Å². The van der Waals surface area contributed by atoms with Crippen molar-refractivity contribution in [3.8, 4) is 17.4 Å². The van der Waals surface area contributed by atoms with Gasteiger partial charge in [0.2, 0.25) is 15.9 Å². The predicted molar refractivity (Wildman–Crippen MR) is 107 cm³/mol. The van der Waals surface area contributed by atoms with Gasteiger partial charge >= 0.3 is 0 Å². The fraction of sp³-hybridized carbons (Fsp3) is 0.190. The van der Waals surface area contributed by atoms with Crippen molar-refractivity contribution in [2.45, 2.75) is 18.9 Å². The lowest BCUT2D eigenvalue weighted by Gasteiger charge is -2.26. The van der Waals surface area contributed by atoms with Crippen LogP contribution in [-0.4, -0.2) is 19.7 Å². The van der Waals surface area contributed by atoms with Gasteiger partial charge in [-0.15, -0.1) is 0 Å². The molecule has 4 rings (SSSR count). The van der Waals surface area contributed by atoms with Crippen LogP contribution in [0.25, 0.3) is 0 Å². The Balaban J connectivity index is 1.45. The fourth-order valence-electron chi connectivity index (χ4n) is 3.21. The molecule has 6 nitrogen and oxygen atoms in total. The molecule has 0 amide bonds. The van der Waals surface area contributed by atoms with Gasteiger partial charge in [0, 0.05) is 6.07 Å². The number of aryl methyl sites for hydroxylation is 1. The summed E-state index contributed by atoms with van der Waals surface area (Å²) < 4.78 is 50.1. The Labute approximate surface area is 168 Å². The lowest BCUT2D eigenvalue weighted by atomic mass is 9.97. The molecule has 2 heterocycles. The second kappa shape index (κ2) is 7.71. The van der Waals surface area contributed by atoms with Crippen LogP contribution in [0, 0.1) is 5.82 Å². The number of nitrogens with one attached hydrogen (secondary N) is 1. The SMILES string of the molecule is CS(=O)(=O)Nc1ccc(Oc2ccc3c(c2)CCC(c2cccc(F)c2)O3)nc1. The third kappa shape index (κ3) is 4.83. The first kappa shape index (κ1) is 19.2. The number of anilines is 1. The standard InChI is InChI=1S/C21H19FN2O4S/c1-29(25,26)24-17-6-10-21(23-13-17)27-18-7-9-20-15(12-18)5-8-19(28-20)14-3-2-4-16(22)11-14/h2-4,6-7,9-13,19,24H,5,8H2,1H3. The predicted octanol–water partition coefficient (Wildman–Crippen LogP) is 4.45. The fourth-order valence-corrected chi connectivity index (χ4v) is 3.75. The van der Waals surface area contributed by atoms with Crippen LogP contribution < -0.4 is 14.2 Å². The first-order chi connectivity index (χ1) is 13.9. The van der Waals surface area contributed by atoms with E-state index in [1.165, 1.54) is 18.3 Å². The van der Waals surface area contributed by atoms with Crippen molar-refractivity contribution >= 4 is 15.7 Å². The highest BCUT2D eigenvalue weighted by molar-refractivity contribution is 7.92. The Morgan fingerprint density at radius 2 is 2.03 bits per heavy atom. The van der Waals surface area contributed by atoms with Gasteiger partial charge in [0.15, 0.2) is 0 Å². The second-order valence-corrected chi connectivity index (χ2v) is 8.58. The number of fused-ring (bicyclic) bond motifs is 1. The molecule has 0 bridgehead atoms. The molecule has 1 aliphatic heterocycles. The maximum Gasteiger partial charge on any atom is 0.229 e. The Morgan fingerprint density at radius 1 is 1.17 bits per heavy atom. The summed E-state index contributed by atoms with van der Waals surface area (Å²) in [5.74, 6) is 1.43. The van der Waals surface area contributed by atoms with Crippen molar-refractivity contribution < 1.29 is 22.3 Å². The van der Waals surface area contributed by atoms with Gasteiger partial charge in [0.25, 0.3) is 0 Å². The minimum absolute atomic E-state index is 0.179. The topological polar surface area (TPSA) is 77.5 Å². The molecular weight excluding hydrogens is 395 g/mol. The maximum atomic E-state index is 13.5. The molecule has 29 heavy (non-hydrogen) atoms. The van der Waals surface area contributed by atoms with Crippen molar-refractivity contribution in [3.63, 3.8) is 0 Å². The quantitative estimate of drug-likeness (QED) is 0.667. The van der Waals surface area contributed by atoms with Gasteiger partial charge in [-0.3, -0.25) is 4.72 Å². The average molecular weight is 414 g/mol. The van der Waals surface area contributed by atoms with Crippen LogP contribution in [0.2, 0.25) is 0 Å². The zero-order chi connectivity index (χ0) is 20.4. The summed E-state index contributed by atoms with van der Waals surface area (Å²) in [6, 6.07) is 15.1. The highest BCUT2D eigenvalue weighted by Crippen LogP contribution is 2.37. The number of sulfonamides is 1. The Hall–Kier alpha value is -3.13. The van der Waals surface area contributed by atoms with E-state index < -0.39 is 10.0 Å². The monoisotopic (exact) mass is 414 g/mol. The van der Waals surface area contributed by atoms with Crippen molar-refractivity contribution in [3.05, 3.63) is 77.7 Å². The zero-order valence-corrected chi connectivity index (χ0v) is 16.4. The van der Waals surface area contributed by atoms with Crippen molar-refractivity contribution in [2.75, 3.05) is 11.0 Å². The third-order valence-corrected chi connectivity index (χ3v) is 5.07. The van der Waals surface area contributed by atoms with Gasteiger partial charge in [-0.25, -0.2) is 17.8 Å². The number of ether oxygens (including phenoxy) is 2. The maximum absolute atomic E-state index is 13.5. The number of halogens is 1. The number of pyridine rings is 1. The van der Waals surface area contributed by atoms with E-state index in [4.69, 9.17) is 9.47 Å². The molecule has 2 aromatic carbocycles. The summed E-state index contributed by atoms with van der Waals surface area (Å²) in [6.45, 7) is 0. The Morgan fingerprint density at radius 3 is 2.76 bits per heavy atom. The number of nitrogens with zero attached hydrogens (tertiary/aromatic N) is 1. The van der Waals surface area contributed by atoms with E-state index in [0.717, 1.165) is 36.0 Å². The summed E-state index contributed by atoms with van der Waals surface area (Å²) in [6.07, 6.45) is 3.80. The molecule has 1 aliphatic rings. The van der Waals surface area contributed by atoms with Gasteiger partial charge < -0.3 is 9.47 Å². The largest absolute Gasteiger partial charge is 0.485 e. The van der Waals surface area contributed by atoms with Gasteiger partial charge in [0.1, 0.15) is 23.4 Å². The minimum Gasteiger partial charge on any atom is -0.485 e. The summed E-state index contributed by atoms with van der Waals surface area (Å²) in [7, 11) is -3.35. The average Bonchev–Trinajstić information content (AvgIpc) is 2.68. The van der Waals surface area contributed by atoms with Crippen molar-refractivity contribution in [1.82, 2.24) is 4.98 Å². The molecule has 1 unspecified atom stereocenters. The van der Waals surface area contributed by atoms with Crippen LogP contribution in [-0.2, 0) is 16.4 Å². The minimum atomic E-state index is -3.35. The first-order valence-corrected chi connectivity index (χ1v) is 10.9. The highest BCUT2D eigenvalue weighted by Gasteiger charge is 2.22. The van der Waals surface area contributed by atoms with Crippen LogP contribution in [0.1, 0.15) is 23.7 Å². The summed E-state index contributed by atoms with van der Waals surface area (Å²) in [4.78, 5) is 4.11. The Bertz CT molecular complexity index is 1130. The summed E-state index contributed by atoms with van der Waals surface area (Å²) >= 11 is 0. The number of rotatable bonds is 5. The van der Waals surface area contributed by atoms with E-state index >= 15 is 0 Å². The lowest BCUT2D eigenvalue weighted by molar-refractivity contribution is 0.176. The molecule has 150 valence electrons. The molecule has 0 radical (unpaired) electrons.